The molecule has 0 fully saturated rings. The third-order valence-corrected chi connectivity index (χ3v) is 5.94. The average molecular weight is 404 g/mol. The predicted molar refractivity (Wildman–Crippen MR) is 114 cm³/mol. The summed E-state index contributed by atoms with van der Waals surface area (Å²) in [6.07, 6.45) is 1.79. The maximum atomic E-state index is 11.8. The van der Waals surface area contributed by atoms with Crippen molar-refractivity contribution in [3.8, 4) is 22.6 Å². The Kier molecular flexibility index (Phi) is 5.07. The SMILES string of the molecule is Cc1ccccc1-c1nc(Cc2ccccc2)oc1-c1ccc(S(C)(=O)=O)cc1. The van der Waals surface area contributed by atoms with E-state index in [1.165, 1.54) is 6.26 Å². The minimum absolute atomic E-state index is 0.280. The minimum Gasteiger partial charge on any atom is -0.440 e. The molecule has 0 aliphatic heterocycles. The second kappa shape index (κ2) is 7.68. The van der Waals surface area contributed by atoms with Crippen molar-refractivity contribution >= 4 is 9.84 Å². The number of hydrogen-bond acceptors (Lipinski definition) is 4. The summed E-state index contributed by atoms with van der Waals surface area (Å²) in [5.74, 6) is 1.27. The molecular formula is C24H21NO3S. The van der Waals surface area contributed by atoms with E-state index in [9.17, 15) is 8.42 Å². The molecular weight excluding hydrogens is 382 g/mol. The van der Waals surface area contributed by atoms with E-state index < -0.39 is 9.84 Å². The van der Waals surface area contributed by atoms with Crippen LogP contribution in [0.5, 0.6) is 0 Å². The zero-order chi connectivity index (χ0) is 20.4. The molecule has 3 aromatic carbocycles. The van der Waals surface area contributed by atoms with Crippen molar-refractivity contribution in [2.75, 3.05) is 6.26 Å². The lowest BCUT2D eigenvalue weighted by Gasteiger charge is -2.05. The lowest BCUT2D eigenvalue weighted by atomic mass is 10.0. The van der Waals surface area contributed by atoms with E-state index in [1.807, 2.05) is 61.5 Å². The normalized spacial score (nSPS) is 11.5. The number of rotatable bonds is 5. The van der Waals surface area contributed by atoms with Gasteiger partial charge in [0.1, 0.15) is 5.69 Å². The summed E-state index contributed by atoms with van der Waals surface area (Å²) in [5, 5.41) is 0. The van der Waals surface area contributed by atoms with Crippen molar-refractivity contribution in [2.45, 2.75) is 18.2 Å². The topological polar surface area (TPSA) is 60.2 Å². The lowest BCUT2D eigenvalue weighted by Crippen LogP contribution is -1.96. The van der Waals surface area contributed by atoms with Crippen LogP contribution in [-0.4, -0.2) is 19.7 Å². The fourth-order valence-corrected chi connectivity index (χ4v) is 3.91. The molecule has 29 heavy (non-hydrogen) atoms. The van der Waals surface area contributed by atoms with Gasteiger partial charge in [0.25, 0.3) is 0 Å². The molecule has 0 spiro atoms. The van der Waals surface area contributed by atoms with Crippen LogP contribution in [0, 0.1) is 6.92 Å². The Labute approximate surface area is 170 Å². The fraction of sp³-hybridized carbons (Fsp3) is 0.125. The van der Waals surface area contributed by atoms with Crippen molar-refractivity contribution < 1.29 is 12.8 Å². The van der Waals surface area contributed by atoms with Gasteiger partial charge in [-0.3, -0.25) is 0 Å². The highest BCUT2D eigenvalue weighted by Gasteiger charge is 2.19. The first-order valence-corrected chi connectivity index (χ1v) is 11.2. The van der Waals surface area contributed by atoms with Gasteiger partial charge in [-0.1, -0.05) is 54.6 Å². The van der Waals surface area contributed by atoms with Gasteiger partial charge in [0, 0.05) is 23.8 Å². The maximum Gasteiger partial charge on any atom is 0.199 e. The number of aromatic nitrogens is 1. The van der Waals surface area contributed by atoms with Gasteiger partial charge in [0.15, 0.2) is 21.5 Å². The van der Waals surface area contributed by atoms with Gasteiger partial charge in [0.05, 0.1) is 4.90 Å². The molecule has 0 saturated heterocycles. The fourth-order valence-electron chi connectivity index (χ4n) is 3.28. The molecule has 1 aromatic heterocycles. The first-order chi connectivity index (χ1) is 13.9. The van der Waals surface area contributed by atoms with Crippen molar-refractivity contribution in [3.63, 3.8) is 0 Å². The van der Waals surface area contributed by atoms with E-state index >= 15 is 0 Å². The Balaban J connectivity index is 1.82. The quantitative estimate of drug-likeness (QED) is 0.453. The van der Waals surface area contributed by atoms with E-state index in [1.54, 1.807) is 24.3 Å². The van der Waals surface area contributed by atoms with E-state index in [4.69, 9.17) is 9.40 Å². The van der Waals surface area contributed by atoms with E-state index in [0.29, 0.717) is 18.1 Å². The summed E-state index contributed by atoms with van der Waals surface area (Å²) >= 11 is 0. The van der Waals surface area contributed by atoms with Gasteiger partial charge in [-0.2, -0.15) is 0 Å². The number of hydrogen-bond donors (Lipinski definition) is 0. The summed E-state index contributed by atoms with van der Waals surface area (Å²) in [7, 11) is -3.25. The zero-order valence-corrected chi connectivity index (χ0v) is 17.1. The molecule has 0 N–H and O–H groups in total. The summed E-state index contributed by atoms with van der Waals surface area (Å²) in [6, 6.07) is 24.8. The molecule has 146 valence electrons. The Hall–Kier alpha value is -3.18. The Morgan fingerprint density at radius 3 is 2.17 bits per heavy atom. The van der Waals surface area contributed by atoms with Gasteiger partial charge in [-0.15, -0.1) is 0 Å². The molecule has 1 heterocycles. The first-order valence-electron chi connectivity index (χ1n) is 9.32. The number of oxazole rings is 1. The monoisotopic (exact) mass is 403 g/mol. The summed E-state index contributed by atoms with van der Waals surface area (Å²) in [6.45, 7) is 2.04. The Bertz CT molecular complexity index is 1240. The maximum absolute atomic E-state index is 11.8. The zero-order valence-electron chi connectivity index (χ0n) is 16.3. The largest absolute Gasteiger partial charge is 0.440 e. The lowest BCUT2D eigenvalue weighted by molar-refractivity contribution is 0.519. The standard InChI is InChI=1S/C24H21NO3S/c1-17-8-6-7-11-21(17)23-24(19-12-14-20(15-13-19)29(2,26)27)28-22(25-23)16-18-9-4-3-5-10-18/h3-15H,16H2,1-2H3. The Morgan fingerprint density at radius 2 is 1.52 bits per heavy atom. The van der Waals surface area contributed by atoms with Crippen LogP contribution in [0.3, 0.4) is 0 Å². The molecule has 0 unspecified atom stereocenters. The molecule has 0 saturated carbocycles. The predicted octanol–water partition coefficient (Wildman–Crippen LogP) is 5.31. The van der Waals surface area contributed by atoms with Crippen molar-refractivity contribution in [2.24, 2.45) is 0 Å². The van der Waals surface area contributed by atoms with Gasteiger partial charge in [-0.25, -0.2) is 13.4 Å². The molecule has 0 amide bonds. The molecule has 0 bridgehead atoms. The summed E-state index contributed by atoms with van der Waals surface area (Å²) in [4.78, 5) is 5.08. The first kappa shape index (κ1) is 19.2. The molecule has 4 rings (SSSR count). The van der Waals surface area contributed by atoms with Crippen LogP contribution in [0.15, 0.2) is 88.2 Å². The van der Waals surface area contributed by atoms with E-state index in [2.05, 4.69) is 0 Å². The second-order valence-electron chi connectivity index (χ2n) is 7.06. The molecule has 4 nitrogen and oxygen atoms in total. The van der Waals surface area contributed by atoms with Crippen molar-refractivity contribution in [1.29, 1.82) is 0 Å². The highest BCUT2D eigenvalue weighted by atomic mass is 32.2. The minimum atomic E-state index is -3.25. The molecule has 4 aromatic rings. The van der Waals surface area contributed by atoms with Gasteiger partial charge < -0.3 is 4.42 Å². The van der Waals surface area contributed by atoms with Crippen LogP contribution in [-0.2, 0) is 16.3 Å². The summed E-state index contributed by atoms with van der Waals surface area (Å²) < 4.78 is 29.7. The number of sulfone groups is 1. The molecule has 0 aliphatic carbocycles. The van der Waals surface area contributed by atoms with Crippen LogP contribution in [0.4, 0.5) is 0 Å². The highest BCUT2D eigenvalue weighted by Crippen LogP contribution is 2.35. The molecule has 0 atom stereocenters. The van der Waals surface area contributed by atoms with Crippen LogP contribution < -0.4 is 0 Å². The van der Waals surface area contributed by atoms with Crippen LogP contribution >= 0.6 is 0 Å². The van der Waals surface area contributed by atoms with Crippen LogP contribution in [0.25, 0.3) is 22.6 Å². The highest BCUT2D eigenvalue weighted by molar-refractivity contribution is 7.90. The second-order valence-corrected chi connectivity index (χ2v) is 9.07. The molecule has 0 radical (unpaired) electrons. The molecule has 0 aliphatic rings. The van der Waals surface area contributed by atoms with Crippen LogP contribution in [0.1, 0.15) is 17.0 Å². The van der Waals surface area contributed by atoms with Crippen LogP contribution in [0.2, 0.25) is 0 Å². The summed E-state index contributed by atoms with van der Waals surface area (Å²) in [5.41, 5.74) is 4.77. The van der Waals surface area contributed by atoms with E-state index in [0.717, 1.165) is 27.9 Å². The third-order valence-electron chi connectivity index (χ3n) is 4.81. The number of benzene rings is 3. The van der Waals surface area contributed by atoms with Gasteiger partial charge >= 0.3 is 0 Å². The van der Waals surface area contributed by atoms with E-state index in [-0.39, 0.29) is 4.90 Å². The average Bonchev–Trinajstić information content (AvgIpc) is 3.12. The van der Waals surface area contributed by atoms with Crippen molar-refractivity contribution in [3.05, 3.63) is 95.9 Å². The van der Waals surface area contributed by atoms with Gasteiger partial charge in [-0.05, 0) is 42.3 Å². The van der Waals surface area contributed by atoms with Crippen molar-refractivity contribution in [1.82, 2.24) is 4.98 Å². The molecule has 5 heteroatoms. The number of aryl methyl sites for hydroxylation is 1. The Morgan fingerprint density at radius 1 is 0.862 bits per heavy atom. The number of nitrogens with zero attached hydrogens (tertiary/aromatic N) is 1. The third kappa shape index (κ3) is 4.15. The smallest absolute Gasteiger partial charge is 0.199 e. The van der Waals surface area contributed by atoms with Gasteiger partial charge in [0.2, 0.25) is 0 Å².